The Morgan fingerprint density at radius 1 is 1.20 bits per heavy atom. The van der Waals surface area contributed by atoms with Gasteiger partial charge in [0.25, 0.3) is 0 Å². The molecule has 0 unspecified atom stereocenters. The molecular formula is C21H24N2O4S3. The molecule has 30 heavy (non-hydrogen) atoms. The molecule has 1 heterocycles. The van der Waals surface area contributed by atoms with Crippen molar-refractivity contribution in [2.24, 2.45) is 4.99 Å². The predicted molar refractivity (Wildman–Crippen MR) is 122 cm³/mol. The number of carbonyl (C=O) groups is 1. The predicted octanol–water partition coefficient (Wildman–Crippen LogP) is 4.13. The van der Waals surface area contributed by atoms with E-state index >= 15 is 0 Å². The highest BCUT2D eigenvalue weighted by molar-refractivity contribution is 7.98. The molecule has 3 aromatic rings. The van der Waals surface area contributed by atoms with Gasteiger partial charge in [-0.3, -0.25) is 4.79 Å². The third kappa shape index (κ3) is 5.14. The van der Waals surface area contributed by atoms with Gasteiger partial charge in [0.15, 0.2) is 14.6 Å². The van der Waals surface area contributed by atoms with Crippen LogP contribution in [0.5, 0.6) is 5.75 Å². The van der Waals surface area contributed by atoms with Gasteiger partial charge >= 0.3 is 0 Å². The van der Waals surface area contributed by atoms with Gasteiger partial charge in [0.1, 0.15) is 5.75 Å². The number of fused-ring (bicyclic) bond motifs is 1. The molecule has 0 N–H and O–H groups in total. The van der Waals surface area contributed by atoms with E-state index in [2.05, 4.69) is 24.0 Å². The number of ether oxygens (including phenoxy) is 1. The van der Waals surface area contributed by atoms with Crippen LogP contribution in [0, 0.1) is 0 Å². The molecule has 0 bridgehead atoms. The summed E-state index contributed by atoms with van der Waals surface area (Å²) in [5.74, 6) is -0.139. The summed E-state index contributed by atoms with van der Waals surface area (Å²) < 4.78 is 33.2. The van der Waals surface area contributed by atoms with Crippen molar-refractivity contribution < 1.29 is 17.9 Å². The molecule has 1 amide bonds. The van der Waals surface area contributed by atoms with Gasteiger partial charge in [-0.25, -0.2) is 8.42 Å². The van der Waals surface area contributed by atoms with Gasteiger partial charge in [0, 0.05) is 17.9 Å². The lowest BCUT2D eigenvalue weighted by atomic mass is 10.3. The number of thiazole rings is 1. The van der Waals surface area contributed by atoms with Crippen LogP contribution in [-0.2, 0) is 21.2 Å². The Hall–Kier alpha value is -2.10. The Morgan fingerprint density at radius 2 is 1.93 bits per heavy atom. The van der Waals surface area contributed by atoms with Gasteiger partial charge in [-0.05, 0) is 55.1 Å². The average Bonchev–Trinajstić information content (AvgIpc) is 3.08. The molecule has 0 atom stereocenters. The van der Waals surface area contributed by atoms with Crippen molar-refractivity contribution in [1.29, 1.82) is 0 Å². The van der Waals surface area contributed by atoms with Crippen LogP contribution in [0.1, 0.15) is 19.8 Å². The quantitative estimate of drug-likeness (QED) is 0.468. The molecule has 1 aromatic heterocycles. The van der Waals surface area contributed by atoms with Crippen LogP contribution in [0.4, 0.5) is 0 Å². The largest absolute Gasteiger partial charge is 0.497 e. The number of aryl methyl sites for hydroxylation is 1. The summed E-state index contributed by atoms with van der Waals surface area (Å²) in [4.78, 5) is 18.7. The number of benzene rings is 2. The second kappa shape index (κ2) is 9.80. The highest BCUT2D eigenvalue weighted by Gasteiger charge is 2.17. The molecule has 0 aliphatic rings. The minimum Gasteiger partial charge on any atom is -0.497 e. The summed E-state index contributed by atoms with van der Waals surface area (Å²) in [7, 11) is -2.05. The molecule has 0 saturated heterocycles. The van der Waals surface area contributed by atoms with Gasteiger partial charge in [0.05, 0.1) is 28.0 Å². The van der Waals surface area contributed by atoms with Crippen LogP contribution in [0.15, 0.2) is 57.2 Å². The number of sulfone groups is 1. The zero-order valence-corrected chi connectivity index (χ0v) is 19.6. The van der Waals surface area contributed by atoms with Gasteiger partial charge in [-0.15, -0.1) is 11.8 Å². The second-order valence-electron chi connectivity index (χ2n) is 6.62. The smallest absolute Gasteiger partial charge is 0.249 e. The van der Waals surface area contributed by atoms with Gasteiger partial charge in [0.2, 0.25) is 5.91 Å². The first-order chi connectivity index (χ1) is 14.4. The van der Waals surface area contributed by atoms with Crippen LogP contribution in [0.3, 0.4) is 0 Å². The number of carbonyl (C=O) groups excluding carboxylic acids is 1. The van der Waals surface area contributed by atoms with E-state index in [9.17, 15) is 13.2 Å². The van der Waals surface area contributed by atoms with E-state index in [0.29, 0.717) is 10.6 Å². The van der Waals surface area contributed by atoms with E-state index in [1.54, 1.807) is 23.9 Å². The average molecular weight is 465 g/mol. The summed E-state index contributed by atoms with van der Waals surface area (Å²) >= 11 is 3.12. The molecule has 0 fully saturated rings. The van der Waals surface area contributed by atoms with Gasteiger partial charge in [-0.1, -0.05) is 18.3 Å². The lowest BCUT2D eigenvalue weighted by molar-refractivity contribution is -0.117. The molecule has 0 radical (unpaired) electrons. The normalized spacial score (nSPS) is 12.4. The molecule has 6 nitrogen and oxygen atoms in total. The Kier molecular flexibility index (Phi) is 7.38. The van der Waals surface area contributed by atoms with E-state index in [1.165, 1.54) is 30.6 Å². The standard InChI is InChI=1S/C21H24N2O4S3/c1-4-12-23-18-10-7-16(28-3)14-19(18)29-21(23)22-20(24)11-13-30(25,26)17-8-5-15(27-2)6-9-17/h5-10,14H,4,11-13H2,1-3H3. The van der Waals surface area contributed by atoms with Gasteiger partial charge < -0.3 is 9.30 Å². The third-order valence-electron chi connectivity index (χ3n) is 4.56. The summed E-state index contributed by atoms with van der Waals surface area (Å²) in [6.07, 6.45) is 2.76. The first-order valence-electron chi connectivity index (χ1n) is 9.49. The van der Waals surface area contributed by atoms with E-state index in [1.807, 2.05) is 16.9 Å². The Morgan fingerprint density at radius 3 is 2.57 bits per heavy atom. The van der Waals surface area contributed by atoms with Crippen LogP contribution >= 0.6 is 23.1 Å². The minimum absolute atomic E-state index is 0.162. The number of hydrogen-bond acceptors (Lipinski definition) is 6. The molecule has 0 spiro atoms. The fraction of sp³-hybridized carbons (Fsp3) is 0.333. The lowest BCUT2D eigenvalue weighted by Gasteiger charge is -2.05. The molecule has 0 aliphatic carbocycles. The summed E-state index contributed by atoms with van der Waals surface area (Å²) in [5, 5.41) is 0. The van der Waals surface area contributed by atoms with Crippen molar-refractivity contribution in [2.45, 2.75) is 36.1 Å². The van der Waals surface area contributed by atoms with E-state index in [0.717, 1.165) is 28.1 Å². The summed E-state index contributed by atoms with van der Waals surface area (Å²) in [6.45, 7) is 2.81. The highest BCUT2D eigenvalue weighted by Crippen LogP contribution is 2.24. The second-order valence-corrected chi connectivity index (χ2v) is 10.6. The van der Waals surface area contributed by atoms with E-state index in [-0.39, 0.29) is 17.1 Å². The van der Waals surface area contributed by atoms with Crippen molar-refractivity contribution >= 4 is 49.1 Å². The van der Waals surface area contributed by atoms with Crippen molar-refractivity contribution in [3.8, 4) is 5.75 Å². The maximum absolute atomic E-state index is 12.5. The Balaban J connectivity index is 1.83. The Labute approximate surface area is 184 Å². The fourth-order valence-corrected chi connectivity index (χ4v) is 5.85. The van der Waals surface area contributed by atoms with Crippen molar-refractivity contribution in [2.75, 3.05) is 19.1 Å². The molecule has 0 aliphatic heterocycles. The SMILES string of the molecule is CCCn1c(=NC(=O)CCS(=O)(=O)c2ccc(OC)cc2)sc2cc(SC)ccc21. The third-order valence-corrected chi connectivity index (χ3v) is 8.06. The monoisotopic (exact) mass is 464 g/mol. The van der Waals surface area contributed by atoms with Crippen LogP contribution in [0.2, 0.25) is 0 Å². The minimum atomic E-state index is -3.57. The number of aromatic nitrogens is 1. The fourth-order valence-electron chi connectivity index (χ4n) is 2.99. The topological polar surface area (TPSA) is 77.7 Å². The zero-order valence-electron chi connectivity index (χ0n) is 17.1. The molecule has 3 rings (SSSR count). The first-order valence-corrected chi connectivity index (χ1v) is 13.2. The molecule has 9 heteroatoms. The van der Waals surface area contributed by atoms with Crippen molar-refractivity contribution in [3.63, 3.8) is 0 Å². The number of amides is 1. The maximum Gasteiger partial charge on any atom is 0.249 e. The maximum atomic E-state index is 12.5. The number of rotatable bonds is 8. The highest BCUT2D eigenvalue weighted by atomic mass is 32.2. The molecule has 2 aromatic carbocycles. The lowest BCUT2D eigenvalue weighted by Crippen LogP contribution is -2.18. The van der Waals surface area contributed by atoms with E-state index < -0.39 is 15.7 Å². The van der Waals surface area contributed by atoms with Crippen LogP contribution < -0.4 is 9.54 Å². The van der Waals surface area contributed by atoms with Crippen molar-refractivity contribution in [3.05, 3.63) is 47.3 Å². The Bertz CT molecular complexity index is 1210. The molecular weight excluding hydrogens is 440 g/mol. The zero-order chi connectivity index (χ0) is 21.7. The van der Waals surface area contributed by atoms with Crippen LogP contribution in [0.25, 0.3) is 10.2 Å². The molecule has 160 valence electrons. The van der Waals surface area contributed by atoms with Crippen molar-refractivity contribution in [1.82, 2.24) is 4.57 Å². The number of hydrogen-bond donors (Lipinski definition) is 0. The number of thioether (sulfide) groups is 1. The summed E-state index contributed by atoms with van der Waals surface area (Å²) in [6, 6.07) is 12.3. The molecule has 0 saturated carbocycles. The number of nitrogens with zero attached hydrogens (tertiary/aromatic N) is 2. The first kappa shape index (κ1) is 22.6. The van der Waals surface area contributed by atoms with Gasteiger partial charge in [-0.2, -0.15) is 4.99 Å². The number of methoxy groups -OCH3 is 1. The van der Waals surface area contributed by atoms with Crippen LogP contribution in [-0.4, -0.2) is 38.0 Å². The van der Waals surface area contributed by atoms with E-state index in [4.69, 9.17) is 4.74 Å². The summed E-state index contributed by atoms with van der Waals surface area (Å²) in [5.41, 5.74) is 1.04.